The summed E-state index contributed by atoms with van der Waals surface area (Å²) in [6, 6.07) is 0. The van der Waals surface area contributed by atoms with Crippen molar-refractivity contribution in [2.75, 3.05) is 0 Å². The van der Waals surface area contributed by atoms with Gasteiger partial charge in [-0.2, -0.15) is 26.3 Å². The molecule has 0 bridgehead atoms. The molecule has 140 valence electrons. The fourth-order valence-electron chi connectivity index (χ4n) is 2.39. The van der Waals surface area contributed by atoms with Crippen molar-refractivity contribution >= 4 is 9.84 Å². The number of hydrogen-bond acceptors (Lipinski definition) is 2. The molecule has 0 saturated carbocycles. The molecule has 0 saturated heterocycles. The Morgan fingerprint density at radius 2 is 1.00 bits per heavy atom. The van der Waals surface area contributed by atoms with E-state index in [1.807, 2.05) is 0 Å². The molecule has 0 amide bonds. The molecule has 0 aliphatic carbocycles. The molecule has 0 fully saturated rings. The molecule has 0 heterocycles. The number of unbranched alkanes of at least 4 members (excludes halogenated alkanes) is 4. The van der Waals surface area contributed by atoms with E-state index in [0.717, 1.165) is 0 Å². The van der Waals surface area contributed by atoms with Gasteiger partial charge in [0.25, 0.3) is 0 Å². The molecule has 23 heavy (non-hydrogen) atoms. The maximum Gasteiger partial charge on any atom is 0.405 e. The zero-order valence-corrected chi connectivity index (χ0v) is 14.1. The Hall–Kier alpha value is -0.470. The Labute approximate surface area is 133 Å². The largest absolute Gasteiger partial charge is 0.405 e. The number of hydrogen-bond donors (Lipinski definition) is 0. The van der Waals surface area contributed by atoms with Crippen molar-refractivity contribution in [1.82, 2.24) is 0 Å². The summed E-state index contributed by atoms with van der Waals surface area (Å²) in [5, 5.41) is -5.90. The van der Waals surface area contributed by atoms with Crippen LogP contribution in [0.2, 0.25) is 0 Å². The molecule has 2 nitrogen and oxygen atoms in total. The lowest BCUT2D eigenvalue weighted by Crippen LogP contribution is -2.47. The number of alkyl halides is 6. The van der Waals surface area contributed by atoms with Gasteiger partial charge >= 0.3 is 12.4 Å². The molecule has 0 aromatic carbocycles. The Morgan fingerprint density at radius 3 is 1.22 bits per heavy atom. The van der Waals surface area contributed by atoms with E-state index >= 15 is 0 Å². The third kappa shape index (κ3) is 7.30. The van der Waals surface area contributed by atoms with Gasteiger partial charge in [-0.3, -0.25) is 0 Å². The summed E-state index contributed by atoms with van der Waals surface area (Å²) in [5.41, 5.74) is 0. The summed E-state index contributed by atoms with van der Waals surface area (Å²) in [6.07, 6.45) is -10.4. The fraction of sp³-hybridized carbons (Fsp3) is 1.00. The summed E-state index contributed by atoms with van der Waals surface area (Å²) in [4.78, 5) is 0. The average molecular weight is 370 g/mol. The minimum absolute atomic E-state index is 0.0700. The summed E-state index contributed by atoms with van der Waals surface area (Å²) in [7, 11) is -5.39. The maximum absolute atomic E-state index is 13.0. The lowest BCUT2D eigenvalue weighted by Gasteiger charge is -2.27. The van der Waals surface area contributed by atoms with E-state index in [4.69, 9.17) is 0 Å². The third-order valence-corrected chi connectivity index (χ3v) is 6.26. The van der Waals surface area contributed by atoms with Crippen molar-refractivity contribution in [2.45, 2.75) is 88.1 Å². The van der Waals surface area contributed by atoms with Gasteiger partial charge in [0.05, 0.1) is 0 Å². The van der Waals surface area contributed by atoms with Gasteiger partial charge in [-0.1, -0.05) is 52.4 Å². The van der Waals surface area contributed by atoms with Crippen LogP contribution in [0.1, 0.15) is 65.2 Å². The van der Waals surface area contributed by atoms with Gasteiger partial charge in [-0.25, -0.2) is 8.42 Å². The van der Waals surface area contributed by atoms with E-state index in [9.17, 15) is 34.8 Å². The highest BCUT2D eigenvalue weighted by atomic mass is 32.2. The van der Waals surface area contributed by atoms with Crippen LogP contribution in [0.3, 0.4) is 0 Å². The van der Waals surface area contributed by atoms with Crippen molar-refractivity contribution in [2.24, 2.45) is 0 Å². The minimum Gasteiger partial charge on any atom is -0.228 e. The molecule has 0 aliphatic rings. The molecule has 0 spiro atoms. The molecule has 0 radical (unpaired) electrons. The smallest absolute Gasteiger partial charge is 0.228 e. The topological polar surface area (TPSA) is 34.1 Å². The first-order chi connectivity index (χ1) is 10.4. The van der Waals surface area contributed by atoms with Crippen LogP contribution in [-0.2, 0) is 9.84 Å². The fourth-order valence-corrected chi connectivity index (χ4v) is 4.52. The minimum atomic E-state index is -5.39. The second-order valence-electron chi connectivity index (χ2n) is 5.64. The van der Waals surface area contributed by atoms with Crippen LogP contribution in [0.25, 0.3) is 0 Å². The molecule has 0 rings (SSSR count). The molecule has 2 unspecified atom stereocenters. The van der Waals surface area contributed by atoms with Crippen LogP contribution < -0.4 is 0 Å². The quantitative estimate of drug-likeness (QED) is 0.380. The molecule has 2 atom stereocenters. The first-order valence-electron chi connectivity index (χ1n) is 7.75. The van der Waals surface area contributed by atoms with Crippen molar-refractivity contribution < 1.29 is 34.8 Å². The molecular formula is C14H24F6O2S. The van der Waals surface area contributed by atoms with Crippen molar-refractivity contribution in [3.63, 3.8) is 0 Å². The Morgan fingerprint density at radius 1 is 0.696 bits per heavy atom. The second kappa shape index (κ2) is 9.13. The zero-order chi connectivity index (χ0) is 18.3. The van der Waals surface area contributed by atoms with Gasteiger partial charge in [-0.15, -0.1) is 0 Å². The summed E-state index contributed by atoms with van der Waals surface area (Å²) < 4.78 is 102. The molecule has 9 heteroatoms. The van der Waals surface area contributed by atoms with Gasteiger partial charge < -0.3 is 0 Å². The standard InChI is InChI=1S/C14H24F6O2S/c1-3-5-7-9-11(13(15,16)17)23(21,22)12(14(18,19)20)10-8-6-4-2/h11-12H,3-10H2,1-2H3. The predicted molar refractivity (Wildman–Crippen MR) is 76.9 cm³/mol. The summed E-state index contributed by atoms with van der Waals surface area (Å²) >= 11 is 0. The first-order valence-corrected chi connectivity index (χ1v) is 9.36. The average Bonchev–Trinajstić information content (AvgIpc) is 2.36. The first kappa shape index (κ1) is 22.5. The Balaban J connectivity index is 5.48. The van der Waals surface area contributed by atoms with Crippen LogP contribution in [-0.4, -0.2) is 31.3 Å². The predicted octanol–water partition coefficient (Wildman–Crippen LogP) is 5.42. The Kier molecular flexibility index (Phi) is 8.94. The van der Waals surface area contributed by atoms with Crippen LogP contribution in [0.5, 0.6) is 0 Å². The molecule has 0 N–H and O–H groups in total. The highest BCUT2D eigenvalue weighted by Crippen LogP contribution is 2.39. The van der Waals surface area contributed by atoms with E-state index in [1.165, 1.54) is 0 Å². The van der Waals surface area contributed by atoms with E-state index < -0.39 is 45.5 Å². The molecule has 0 aromatic rings. The van der Waals surface area contributed by atoms with Crippen molar-refractivity contribution in [3.8, 4) is 0 Å². The maximum atomic E-state index is 13.0. The van der Waals surface area contributed by atoms with Gasteiger partial charge in [-0.05, 0) is 12.8 Å². The lowest BCUT2D eigenvalue weighted by molar-refractivity contribution is -0.140. The highest BCUT2D eigenvalue weighted by molar-refractivity contribution is 7.92. The van der Waals surface area contributed by atoms with Crippen molar-refractivity contribution in [1.29, 1.82) is 0 Å². The number of sulfone groups is 1. The van der Waals surface area contributed by atoms with Crippen molar-refractivity contribution in [3.05, 3.63) is 0 Å². The van der Waals surface area contributed by atoms with E-state index in [0.29, 0.717) is 25.7 Å². The summed E-state index contributed by atoms with van der Waals surface area (Å²) in [5.74, 6) is 0. The van der Waals surface area contributed by atoms with Crippen LogP contribution in [0, 0.1) is 0 Å². The monoisotopic (exact) mass is 370 g/mol. The van der Waals surface area contributed by atoms with Gasteiger partial charge in [0, 0.05) is 0 Å². The van der Waals surface area contributed by atoms with Gasteiger partial charge in [0.1, 0.15) is 0 Å². The lowest BCUT2D eigenvalue weighted by atomic mass is 10.1. The molecule has 0 aliphatic heterocycles. The normalized spacial score (nSPS) is 16.3. The highest BCUT2D eigenvalue weighted by Gasteiger charge is 2.57. The summed E-state index contributed by atoms with van der Waals surface area (Å²) in [6.45, 7) is 3.42. The van der Waals surface area contributed by atoms with Gasteiger partial charge in [0.2, 0.25) is 0 Å². The Bertz CT molecular complexity index is 394. The van der Waals surface area contributed by atoms with E-state index in [-0.39, 0.29) is 12.8 Å². The number of halogens is 6. The van der Waals surface area contributed by atoms with Crippen LogP contribution in [0.15, 0.2) is 0 Å². The van der Waals surface area contributed by atoms with Crippen LogP contribution in [0.4, 0.5) is 26.3 Å². The van der Waals surface area contributed by atoms with Gasteiger partial charge in [0.15, 0.2) is 20.3 Å². The van der Waals surface area contributed by atoms with E-state index in [2.05, 4.69) is 0 Å². The second-order valence-corrected chi connectivity index (χ2v) is 7.96. The molecular weight excluding hydrogens is 346 g/mol. The van der Waals surface area contributed by atoms with Crippen LogP contribution >= 0.6 is 0 Å². The zero-order valence-electron chi connectivity index (χ0n) is 13.3. The van der Waals surface area contributed by atoms with E-state index in [1.54, 1.807) is 13.8 Å². The number of rotatable bonds is 10. The third-order valence-electron chi connectivity index (χ3n) is 3.66. The SMILES string of the molecule is CCCCCC(C(F)(F)F)S(=O)(=O)C(CCCCC)C(F)(F)F. The molecule has 0 aromatic heterocycles.